The fraction of sp³-hybridized carbons (Fsp3) is 0.111. The molecule has 0 saturated heterocycles. The van der Waals surface area contributed by atoms with Crippen LogP contribution in [0.4, 0.5) is 5.69 Å². The van der Waals surface area contributed by atoms with Gasteiger partial charge in [-0.15, -0.1) is 0 Å². The maximum atomic E-state index is 12.4. The Kier molecular flexibility index (Phi) is 3.29. The van der Waals surface area contributed by atoms with Gasteiger partial charge < -0.3 is 5.32 Å². The van der Waals surface area contributed by atoms with E-state index in [9.17, 15) is 10.1 Å². The minimum Gasteiger partial charge on any atom is -0.351 e. The van der Waals surface area contributed by atoms with Gasteiger partial charge in [0.15, 0.2) is 0 Å². The zero-order valence-corrected chi connectivity index (χ0v) is 11.7. The van der Waals surface area contributed by atoms with Crippen molar-refractivity contribution >= 4 is 17.0 Å². The van der Waals surface area contributed by atoms with E-state index in [1.807, 2.05) is 42.5 Å². The summed E-state index contributed by atoms with van der Waals surface area (Å²) in [6.07, 6.45) is 0.946. The van der Waals surface area contributed by atoms with Crippen LogP contribution >= 0.6 is 0 Å². The Bertz CT molecular complexity index is 780. The highest BCUT2D eigenvalue weighted by molar-refractivity contribution is 6.23. The van der Waals surface area contributed by atoms with Crippen molar-refractivity contribution in [3.63, 3.8) is 0 Å². The summed E-state index contributed by atoms with van der Waals surface area (Å²) >= 11 is 0. The minimum absolute atomic E-state index is 0.123. The average molecular weight is 274 g/mol. The van der Waals surface area contributed by atoms with E-state index >= 15 is 0 Å². The van der Waals surface area contributed by atoms with Crippen LogP contribution < -0.4 is 5.32 Å². The number of anilines is 1. The van der Waals surface area contributed by atoms with Crippen LogP contribution in [0.25, 0.3) is 5.57 Å². The molecule has 21 heavy (non-hydrogen) atoms. The van der Waals surface area contributed by atoms with Crippen LogP contribution in [-0.4, -0.2) is 5.78 Å². The highest BCUT2D eigenvalue weighted by Crippen LogP contribution is 2.32. The first-order valence-corrected chi connectivity index (χ1v) is 6.89. The molecule has 0 aromatic heterocycles. The Hall–Kier alpha value is -2.86. The van der Waals surface area contributed by atoms with Crippen molar-refractivity contribution in [1.29, 1.82) is 5.26 Å². The first-order chi connectivity index (χ1) is 10.2. The number of nitriles is 1. The smallest absolute Gasteiger partial charge is 0.212 e. The number of hydrogen-bond acceptors (Lipinski definition) is 3. The molecule has 2 aromatic rings. The quantitative estimate of drug-likeness (QED) is 0.669. The molecule has 1 heterocycles. The molecule has 2 aromatic carbocycles. The SMILES string of the molecule is CCc1ccc(/C(C#N)=C2\Nc3ccccc3C2=O)cc1. The number of para-hydroxylation sites is 1. The number of Topliss-reactive ketones (excluding diaryl/α,β-unsaturated/α-hetero) is 1. The summed E-state index contributed by atoms with van der Waals surface area (Å²) < 4.78 is 0. The molecule has 0 spiro atoms. The molecule has 0 unspecified atom stereocenters. The Morgan fingerprint density at radius 3 is 2.48 bits per heavy atom. The molecule has 3 nitrogen and oxygen atoms in total. The average Bonchev–Trinajstić information content (AvgIpc) is 2.86. The van der Waals surface area contributed by atoms with Crippen molar-refractivity contribution in [3.05, 3.63) is 70.9 Å². The van der Waals surface area contributed by atoms with Gasteiger partial charge in [-0.2, -0.15) is 5.26 Å². The number of nitrogens with zero attached hydrogens (tertiary/aromatic N) is 1. The van der Waals surface area contributed by atoms with Gasteiger partial charge in [0.2, 0.25) is 5.78 Å². The van der Waals surface area contributed by atoms with Crippen molar-refractivity contribution in [1.82, 2.24) is 0 Å². The maximum absolute atomic E-state index is 12.4. The second kappa shape index (κ2) is 5.26. The Morgan fingerprint density at radius 1 is 1.14 bits per heavy atom. The van der Waals surface area contributed by atoms with E-state index in [4.69, 9.17) is 0 Å². The highest BCUT2D eigenvalue weighted by Gasteiger charge is 2.27. The summed E-state index contributed by atoms with van der Waals surface area (Å²) in [4.78, 5) is 12.4. The Balaban J connectivity index is 2.08. The molecule has 0 aliphatic carbocycles. The molecule has 0 saturated carbocycles. The van der Waals surface area contributed by atoms with Crippen molar-refractivity contribution in [2.45, 2.75) is 13.3 Å². The maximum Gasteiger partial charge on any atom is 0.212 e. The van der Waals surface area contributed by atoms with Gasteiger partial charge in [0.1, 0.15) is 11.8 Å². The second-order valence-corrected chi connectivity index (χ2v) is 4.91. The summed E-state index contributed by atoms with van der Waals surface area (Å²) in [7, 11) is 0. The number of carbonyl (C=O) groups excluding carboxylic acids is 1. The topological polar surface area (TPSA) is 52.9 Å². The lowest BCUT2D eigenvalue weighted by Gasteiger charge is -2.05. The number of fused-ring (bicyclic) bond motifs is 1. The lowest BCUT2D eigenvalue weighted by Crippen LogP contribution is -2.04. The van der Waals surface area contributed by atoms with E-state index in [1.54, 1.807) is 6.07 Å². The van der Waals surface area contributed by atoms with Gasteiger partial charge in [0.25, 0.3) is 0 Å². The fourth-order valence-corrected chi connectivity index (χ4v) is 2.46. The highest BCUT2D eigenvalue weighted by atomic mass is 16.1. The summed E-state index contributed by atoms with van der Waals surface area (Å²) in [6.45, 7) is 2.08. The van der Waals surface area contributed by atoms with E-state index in [-0.39, 0.29) is 5.78 Å². The molecule has 1 aliphatic rings. The summed E-state index contributed by atoms with van der Waals surface area (Å²) in [5.74, 6) is -0.123. The predicted octanol–water partition coefficient (Wildman–Crippen LogP) is 3.79. The van der Waals surface area contributed by atoms with Crippen molar-refractivity contribution in [2.75, 3.05) is 5.32 Å². The zero-order chi connectivity index (χ0) is 14.8. The van der Waals surface area contributed by atoms with Gasteiger partial charge in [-0.25, -0.2) is 0 Å². The molecular weight excluding hydrogens is 260 g/mol. The monoisotopic (exact) mass is 274 g/mol. The summed E-state index contributed by atoms with van der Waals surface area (Å²) in [5, 5.41) is 12.5. The van der Waals surface area contributed by atoms with E-state index < -0.39 is 0 Å². The van der Waals surface area contributed by atoms with Crippen LogP contribution in [0.15, 0.2) is 54.2 Å². The molecule has 0 bridgehead atoms. The number of nitrogens with one attached hydrogen (secondary N) is 1. The zero-order valence-electron chi connectivity index (χ0n) is 11.7. The number of hydrogen-bond donors (Lipinski definition) is 1. The van der Waals surface area contributed by atoms with Gasteiger partial charge in [0.05, 0.1) is 5.57 Å². The van der Waals surface area contributed by atoms with Gasteiger partial charge in [-0.1, -0.05) is 43.3 Å². The predicted molar refractivity (Wildman–Crippen MR) is 82.7 cm³/mol. The molecule has 0 atom stereocenters. The molecule has 1 N–H and O–H groups in total. The largest absolute Gasteiger partial charge is 0.351 e. The number of benzene rings is 2. The van der Waals surface area contributed by atoms with Crippen LogP contribution in [0.2, 0.25) is 0 Å². The number of rotatable bonds is 2. The molecule has 102 valence electrons. The number of allylic oxidation sites excluding steroid dienone is 2. The summed E-state index contributed by atoms with van der Waals surface area (Å²) in [5.41, 5.74) is 4.09. The van der Waals surface area contributed by atoms with E-state index in [0.29, 0.717) is 16.8 Å². The summed E-state index contributed by atoms with van der Waals surface area (Å²) in [6, 6.07) is 17.2. The third kappa shape index (κ3) is 2.21. The van der Waals surface area contributed by atoms with E-state index in [2.05, 4.69) is 18.3 Å². The molecule has 0 fully saturated rings. The van der Waals surface area contributed by atoms with Gasteiger partial charge >= 0.3 is 0 Å². The fourth-order valence-electron chi connectivity index (χ4n) is 2.46. The molecule has 1 aliphatic heterocycles. The normalized spacial score (nSPS) is 15.1. The number of ketones is 1. The molecule has 0 radical (unpaired) electrons. The lowest BCUT2D eigenvalue weighted by molar-refractivity contribution is 0.104. The lowest BCUT2D eigenvalue weighted by atomic mass is 10.0. The Labute approximate surface area is 123 Å². The van der Waals surface area contributed by atoms with Crippen molar-refractivity contribution in [2.24, 2.45) is 0 Å². The molecule has 0 amide bonds. The Morgan fingerprint density at radius 2 is 1.86 bits per heavy atom. The van der Waals surface area contributed by atoms with Crippen molar-refractivity contribution in [3.8, 4) is 6.07 Å². The van der Waals surface area contributed by atoms with Crippen LogP contribution in [0, 0.1) is 11.3 Å². The third-order valence-corrected chi connectivity index (χ3v) is 3.67. The molecular formula is C18H14N2O. The van der Waals surface area contributed by atoms with Crippen LogP contribution in [0.1, 0.15) is 28.4 Å². The van der Waals surface area contributed by atoms with E-state index in [1.165, 1.54) is 5.56 Å². The third-order valence-electron chi connectivity index (χ3n) is 3.67. The van der Waals surface area contributed by atoms with Crippen LogP contribution in [0.3, 0.4) is 0 Å². The number of carbonyl (C=O) groups is 1. The first-order valence-electron chi connectivity index (χ1n) is 6.89. The van der Waals surface area contributed by atoms with Crippen molar-refractivity contribution < 1.29 is 4.79 Å². The standard InChI is InChI=1S/C18H14N2O/c1-2-12-7-9-13(10-8-12)15(11-19)17-18(21)14-5-3-4-6-16(14)20-17/h3-10,20H,2H2,1H3/b17-15-. The van der Waals surface area contributed by atoms with Gasteiger partial charge in [0, 0.05) is 11.3 Å². The molecule has 3 heteroatoms. The van der Waals surface area contributed by atoms with Crippen LogP contribution in [-0.2, 0) is 6.42 Å². The van der Waals surface area contributed by atoms with Gasteiger partial charge in [-0.3, -0.25) is 4.79 Å². The van der Waals surface area contributed by atoms with Crippen LogP contribution in [0.5, 0.6) is 0 Å². The van der Waals surface area contributed by atoms with E-state index in [0.717, 1.165) is 17.7 Å². The van der Waals surface area contributed by atoms with Gasteiger partial charge in [-0.05, 0) is 29.7 Å². The second-order valence-electron chi connectivity index (χ2n) is 4.91. The number of aryl methyl sites for hydroxylation is 1. The minimum atomic E-state index is -0.123. The first kappa shape index (κ1) is 13.1. The molecule has 3 rings (SSSR count).